The van der Waals surface area contributed by atoms with E-state index in [0.717, 1.165) is 18.4 Å². The summed E-state index contributed by atoms with van der Waals surface area (Å²) in [6.45, 7) is 0.689. The predicted octanol–water partition coefficient (Wildman–Crippen LogP) is 2.64. The van der Waals surface area contributed by atoms with Crippen LogP contribution in [0.4, 0.5) is 10.1 Å². The molecule has 28 heavy (non-hydrogen) atoms. The molecule has 0 heterocycles. The number of hydrogen-bond donors (Lipinski definition) is 3. The highest BCUT2D eigenvalue weighted by atomic mass is 19.1. The van der Waals surface area contributed by atoms with Crippen molar-refractivity contribution in [2.24, 2.45) is 4.99 Å². The van der Waals surface area contributed by atoms with Crippen LogP contribution in [-0.4, -0.2) is 32.0 Å². The molecular formula is C22H23FN4O. The van der Waals surface area contributed by atoms with Gasteiger partial charge in [-0.1, -0.05) is 24.1 Å². The molecule has 5 nitrogen and oxygen atoms in total. The van der Waals surface area contributed by atoms with Gasteiger partial charge in [0.15, 0.2) is 5.96 Å². The largest absolute Gasteiger partial charge is 0.356 e. The zero-order chi connectivity index (χ0) is 20.0. The fraction of sp³-hybridized carbons (Fsp3) is 0.273. The number of carbonyl (C=O) groups is 1. The van der Waals surface area contributed by atoms with Crippen LogP contribution >= 0.6 is 0 Å². The molecule has 0 atom stereocenters. The minimum absolute atomic E-state index is 0.0624. The van der Waals surface area contributed by atoms with E-state index in [1.807, 2.05) is 6.07 Å². The van der Waals surface area contributed by atoms with E-state index in [1.54, 1.807) is 43.4 Å². The monoisotopic (exact) mass is 378 g/mol. The molecule has 0 unspecified atom stereocenters. The average molecular weight is 378 g/mol. The number of aliphatic imine (C=N–C) groups is 1. The molecule has 0 spiro atoms. The van der Waals surface area contributed by atoms with Crippen molar-refractivity contribution in [2.75, 3.05) is 25.5 Å². The van der Waals surface area contributed by atoms with Gasteiger partial charge in [-0.15, -0.1) is 6.42 Å². The van der Waals surface area contributed by atoms with Gasteiger partial charge < -0.3 is 16.0 Å². The summed E-state index contributed by atoms with van der Waals surface area (Å²) in [4.78, 5) is 16.3. The molecule has 144 valence electrons. The number of terminal acetylenes is 1. The van der Waals surface area contributed by atoms with Gasteiger partial charge in [-0.25, -0.2) is 4.39 Å². The van der Waals surface area contributed by atoms with E-state index in [1.165, 1.54) is 6.07 Å². The molecule has 0 aromatic heterocycles. The van der Waals surface area contributed by atoms with Crippen LogP contribution in [0.1, 0.15) is 24.0 Å². The third kappa shape index (κ3) is 4.89. The van der Waals surface area contributed by atoms with Gasteiger partial charge in [0.25, 0.3) is 0 Å². The fourth-order valence-corrected chi connectivity index (χ4v) is 3.07. The lowest BCUT2D eigenvalue weighted by molar-refractivity contribution is -0.115. The summed E-state index contributed by atoms with van der Waals surface area (Å²) in [5.41, 5.74) is 2.27. The Morgan fingerprint density at radius 3 is 2.68 bits per heavy atom. The van der Waals surface area contributed by atoms with Crippen molar-refractivity contribution in [3.8, 4) is 12.3 Å². The van der Waals surface area contributed by atoms with Crippen molar-refractivity contribution in [3.63, 3.8) is 0 Å². The maximum absolute atomic E-state index is 13.5. The van der Waals surface area contributed by atoms with E-state index in [9.17, 15) is 9.18 Å². The van der Waals surface area contributed by atoms with Crippen molar-refractivity contribution in [1.29, 1.82) is 0 Å². The Hall–Kier alpha value is -3.33. The first-order valence-corrected chi connectivity index (χ1v) is 9.12. The molecule has 3 rings (SSSR count). The topological polar surface area (TPSA) is 65.5 Å². The SMILES string of the molecule is C#Cc1cccc(NC(=O)CNC(=NC)NCC2(c3cccc(F)c3)CC2)c1. The molecule has 1 amide bonds. The molecule has 1 aliphatic carbocycles. The quantitative estimate of drug-likeness (QED) is 0.411. The number of amides is 1. The highest BCUT2D eigenvalue weighted by Gasteiger charge is 2.44. The summed E-state index contributed by atoms with van der Waals surface area (Å²) in [5, 5.41) is 9.02. The van der Waals surface area contributed by atoms with Gasteiger partial charge in [-0.3, -0.25) is 9.79 Å². The van der Waals surface area contributed by atoms with Gasteiger partial charge in [0.2, 0.25) is 5.91 Å². The lowest BCUT2D eigenvalue weighted by Gasteiger charge is -2.19. The Kier molecular flexibility index (Phi) is 5.95. The first-order valence-electron chi connectivity index (χ1n) is 9.12. The smallest absolute Gasteiger partial charge is 0.243 e. The summed E-state index contributed by atoms with van der Waals surface area (Å²) in [5.74, 6) is 2.63. The first-order chi connectivity index (χ1) is 13.5. The van der Waals surface area contributed by atoms with Gasteiger partial charge in [-0.2, -0.15) is 0 Å². The molecular weight excluding hydrogens is 355 g/mol. The van der Waals surface area contributed by atoms with Crippen LogP contribution < -0.4 is 16.0 Å². The first kappa shape index (κ1) is 19.4. The number of nitrogens with one attached hydrogen (secondary N) is 3. The van der Waals surface area contributed by atoms with E-state index in [0.29, 0.717) is 23.8 Å². The van der Waals surface area contributed by atoms with Crippen LogP contribution in [0.5, 0.6) is 0 Å². The molecule has 2 aromatic carbocycles. The van der Waals surface area contributed by atoms with E-state index in [-0.39, 0.29) is 23.7 Å². The predicted molar refractivity (Wildman–Crippen MR) is 110 cm³/mol. The summed E-state index contributed by atoms with van der Waals surface area (Å²) < 4.78 is 13.5. The molecule has 1 fully saturated rings. The normalized spacial score (nSPS) is 14.7. The molecule has 6 heteroatoms. The van der Waals surface area contributed by atoms with Crippen molar-refractivity contribution < 1.29 is 9.18 Å². The summed E-state index contributed by atoms with van der Waals surface area (Å²) in [6.07, 6.45) is 7.35. The number of carbonyl (C=O) groups excluding carboxylic acids is 1. The second-order valence-corrected chi connectivity index (χ2v) is 6.84. The third-order valence-electron chi connectivity index (χ3n) is 4.84. The van der Waals surface area contributed by atoms with Crippen LogP contribution in [0.25, 0.3) is 0 Å². The summed E-state index contributed by atoms with van der Waals surface area (Å²) in [6, 6.07) is 13.8. The molecule has 0 bridgehead atoms. The van der Waals surface area contributed by atoms with Crippen molar-refractivity contribution in [3.05, 3.63) is 65.5 Å². The van der Waals surface area contributed by atoms with Gasteiger partial charge >= 0.3 is 0 Å². The number of halogens is 1. The standard InChI is InChI=1S/C22H23FN4O/c1-3-16-6-4-9-19(12-16)27-20(28)14-25-21(24-2)26-15-22(10-11-22)17-7-5-8-18(23)13-17/h1,4-9,12-13H,10-11,14-15H2,2H3,(H,27,28)(H2,24,25,26). The number of rotatable bonds is 6. The van der Waals surface area contributed by atoms with Gasteiger partial charge in [0.05, 0.1) is 6.54 Å². The van der Waals surface area contributed by atoms with Crippen LogP contribution in [0, 0.1) is 18.2 Å². The van der Waals surface area contributed by atoms with Gasteiger partial charge in [-0.05, 0) is 48.7 Å². The van der Waals surface area contributed by atoms with Crippen LogP contribution in [0.3, 0.4) is 0 Å². The third-order valence-corrected chi connectivity index (χ3v) is 4.84. The Labute approximate surface area is 164 Å². The minimum Gasteiger partial charge on any atom is -0.356 e. The van der Waals surface area contributed by atoms with Gasteiger partial charge in [0, 0.05) is 30.3 Å². The summed E-state index contributed by atoms with van der Waals surface area (Å²) >= 11 is 0. The Balaban J connectivity index is 1.50. The van der Waals surface area contributed by atoms with E-state index < -0.39 is 0 Å². The average Bonchev–Trinajstić information content (AvgIpc) is 3.49. The molecule has 2 aromatic rings. The molecule has 0 radical (unpaired) electrons. The van der Waals surface area contributed by atoms with E-state index >= 15 is 0 Å². The zero-order valence-electron chi connectivity index (χ0n) is 15.8. The van der Waals surface area contributed by atoms with E-state index in [4.69, 9.17) is 6.42 Å². The Bertz CT molecular complexity index is 928. The molecule has 1 aliphatic rings. The number of nitrogens with zero attached hydrogens (tertiary/aromatic N) is 1. The zero-order valence-corrected chi connectivity index (χ0v) is 15.8. The highest BCUT2D eigenvalue weighted by Crippen LogP contribution is 2.47. The Morgan fingerprint density at radius 1 is 1.21 bits per heavy atom. The van der Waals surface area contributed by atoms with Crippen LogP contribution in [0.15, 0.2) is 53.5 Å². The van der Waals surface area contributed by atoms with Crippen molar-refractivity contribution in [1.82, 2.24) is 10.6 Å². The highest BCUT2D eigenvalue weighted by molar-refractivity contribution is 5.95. The minimum atomic E-state index is -0.225. The van der Waals surface area contributed by atoms with Gasteiger partial charge in [0.1, 0.15) is 5.82 Å². The van der Waals surface area contributed by atoms with Crippen LogP contribution in [-0.2, 0) is 10.2 Å². The molecule has 1 saturated carbocycles. The number of benzene rings is 2. The second kappa shape index (κ2) is 8.57. The molecule has 3 N–H and O–H groups in total. The lowest BCUT2D eigenvalue weighted by Crippen LogP contribution is -2.44. The maximum Gasteiger partial charge on any atom is 0.243 e. The van der Waals surface area contributed by atoms with Crippen LogP contribution in [0.2, 0.25) is 0 Å². The van der Waals surface area contributed by atoms with Crippen molar-refractivity contribution in [2.45, 2.75) is 18.3 Å². The fourth-order valence-electron chi connectivity index (χ4n) is 3.07. The lowest BCUT2D eigenvalue weighted by atomic mass is 9.96. The Morgan fingerprint density at radius 2 is 2.00 bits per heavy atom. The summed E-state index contributed by atoms with van der Waals surface area (Å²) in [7, 11) is 1.64. The second-order valence-electron chi connectivity index (χ2n) is 6.84. The number of guanidine groups is 1. The van der Waals surface area contributed by atoms with Crippen molar-refractivity contribution >= 4 is 17.6 Å². The molecule has 0 saturated heterocycles. The maximum atomic E-state index is 13.5. The van der Waals surface area contributed by atoms with E-state index in [2.05, 4.69) is 26.9 Å². The number of anilines is 1. The molecule has 0 aliphatic heterocycles. The number of hydrogen-bond acceptors (Lipinski definition) is 2.